The van der Waals surface area contributed by atoms with E-state index in [-0.39, 0.29) is 6.10 Å². The van der Waals surface area contributed by atoms with Crippen LogP contribution in [0.25, 0.3) is 0 Å². The van der Waals surface area contributed by atoms with E-state index in [0.717, 1.165) is 18.4 Å². The first-order valence-corrected chi connectivity index (χ1v) is 5.76. The maximum Gasteiger partial charge on any atom is 0.0570 e. The molecule has 1 aromatic rings. The number of aliphatic hydroxyl groups is 1. The summed E-state index contributed by atoms with van der Waals surface area (Å²) in [5, 5.41) is 13.8. The third-order valence-electron chi connectivity index (χ3n) is 2.74. The summed E-state index contributed by atoms with van der Waals surface area (Å²) < 4.78 is 0. The predicted octanol–water partition coefficient (Wildman–Crippen LogP) is 2.61. The number of benzene rings is 1. The molecular weight excluding hydrogens is 233 g/mol. The molecule has 2 nitrogen and oxygen atoms in total. The Balaban J connectivity index is 1.93. The summed E-state index contributed by atoms with van der Waals surface area (Å²) in [5.74, 6) is 0. The fourth-order valence-corrected chi connectivity index (χ4v) is 2.23. The number of halogens is 2. The first-order chi connectivity index (χ1) is 7.16. The van der Waals surface area contributed by atoms with Crippen LogP contribution in [0.15, 0.2) is 18.2 Å². The van der Waals surface area contributed by atoms with Gasteiger partial charge in [0.05, 0.1) is 6.10 Å². The van der Waals surface area contributed by atoms with Crippen LogP contribution in [0.4, 0.5) is 0 Å². The van der Waals surface area contributed by atoms with Gasteiger partial charge in [-0.25, -0.2) is 0 Å². The molecule has 1 aliphatic rings. The van der Waals surface area contributed by atoms with E-state index in [1.807, 2.05) is 18.2 Å². The van der Waals surface area contributed by atoms with E-state index in [9.17, 15) is 0 Å². The molecule has 0 saturated heterocycles. The lowest BCUT2D eigenvalue weighted by Crippen LogP contribution is -2.43. The van der Waals surface area contributed by atoms with Gasteiger partial charge in [-0.1, -0.05) is 29.3 Å². The van der Waals surface area contributed by atoms with Gasteiger partial charge < -0.3 is 10.4 Å². The molecule has 0 heterocycles. The van der Waals surface area contributed by atoms with E-state index in [4.69, 9.17) is 28.3 Å². The lowest BCUT2D eigenvalue weighted by molar-refractivity contribution is 0.0619. The molecule has 0 amide bonds. The molecule has 1 aromatic carbocycles. The first-order valence-electron chi connectivity index (χ1n) is 5.01. The maximum absolute atomic E-state index is 9.13. The Bertz CT molecular complexity index is 330. The van der Waals surface area contributed by atoms with Crippen LogP contribution in [0.3, 0.4) is 0 Å². The Labute approximate surface area is 99.2 Å². The second kappa shape index (κ2) is 4.71. The van der Waals surface area contributed by atoms with Crippen LogP contribution in [-0.2, 0) is 6.54 Å². The predicted molar refractivity (Wildman–Crippen MR) is 62.3 cm³/mol. The van der Waals surface area contributed by atoms with Crippen molar-refractivity contribution in [2.45, 2.75) is 31.5 Å². The van der Waals surface area contributed by atoms with Crippen LogP contribution in [0, 0.1) is 0 Å². The molecule has 2 rings (SSSR count). The van der Waals surface area contributed by atoms with Gasteiger partial charge in [0, 0.05) is 28.2 Å². The summed E-state index contributed by atoms with van der Waals surface area (Å²) in [6.45, 7) is 0.663. The highest BCUT2D eigenvalue weighted by Gasteiger charge is 2.26. The Hall–Kier alpha value is -0.280. The van der Waals surface area contributed by atoms with Crippen molar-refractivity contribution >= 4 is 23.2 Å². The molecule has 0 unspecified atom stereocenters. The highest BCUT2D eigenvalue weighted by molar-refractivity contribution is 6.35. The molecule has 0 atom stereocenters. The highest BCUT2D eigenvalue weighted by Crippen LogP contribution is 2.25. The number of aliphatic hydroxyl groups excluding tert-OH is 1. The number of hydrogen-bond donors (Lipinski definition) is 2. The van der Waals surface area contributed by atoms with Gasteiger partial charge in [-0.15, -0.1) is 0 Å². The Morgan fingerprint density at radius 2 is 1.87 bits per heavy atom. The molecule has 0 spiro atoms. The zero-order chi connectivity index (χ0) is 10.8. The Kier molecular flexibility index (Phi) is 3.52. The molecule has 1 fully saturated rings. The van der Waals surface area contributed by atoms with Crippen molar-refractivity contribution in [3.63, 3.8) is 0 Å². The Morgan fingerprint density at radius 3 is 2.40 bits per heavy atom. The summed E-state index contributed by atoms with van der Waals surface area (Å²) in [5.41, 5.74) is 0.933. The van der Waals surface area contributed by atoms with Crippen LogP contribution in [-0.4, -0.2) is 17.3 Å². The van der Waals surface area contributed by atoms with E-state index < -0.39 is 0 Å². The third-order valence-corrected chi connectivity index (χ3v) is 3.45. The minimum absolute atomic E-state index is 0.135. The second-order valence-corrected chi connectivity index (χ2v) is 4.72. The fourth-order valence-electron chi connectivity index (χ4n) is 1.70. The molecule has 0 aromatic heterocycles. The highest BCUT2D eigenvalue weighted by atomic mass is 35.5. The number of nitrogens with one attached hydrogen (secondary N) is 1. The van der Waals surface area contributed by atoms with Crippen LogP contribution in [0.2, 0.25) is 10.0 Å². The van der Waals surface area contributed by atoms with Crippen LogP contribution >= 0.6 is 23.2 Å². The lowest BCUT2D eigenvalue weighted by atomic mass is 9.89. The van der Waals surface area contributed by atoms with Gasteiger partial charge >= 0.3 is 0 Å². The molecule has 0 bridgehead atoms. The molecule has 4 heteroatoms. The zero-order valence-electron chi connectivity index (χ0n) is 8.21. The van der Waals surface area contributed by atoms with Gasteiger partial charge in [0.25, 0.3) is 0 Å². The van der Waals surface area contributed by atoms with Gasteiger partial charge in [0.15, 0.2) is 0 Å². The molecule has 1 aliphatic carbocycles. The standard InChI is InChI=1S/C11H13Cl2NO/c12-10-2-1-3-11(13)9(10)6-14-7-4-8(15)5-7/h1-3,7-8,14-15H,4-6H2. The molecule has 82 valence electrons. The van der Waals surface area contributed by atoms with E-state index in [0.29, 0.717) is 22.6 Å². The molecule has 0 aliphatic heterocycles. The quantitative estimate of drug-likeness (QED) is 0.859. The normalized spacial score (nSPS) is 25.0. The van der Waals surface area contributed by atoms with Crippen LogP contribution < -0.4 is 5.32 Å². The first kappa shape index (κ1) is 11.2. The average molecular weight is 246 g/mol. The van der Waals surface area contributed by atoms with Crippen molar-refractivity contribution in [2.24, 2.45) is 0 Å². The van der Waals surface area contributed by atoms with E-state index >= 15 is 0 Å². The Morgan fingerprint density at radius 1 is 1.27 bits per heavy atom. The van der Waals surface area contributed by atoms with Gasteiger partial charge in [-0.3, -0.25) is 0 Å². The molecular formula is C11H13Cl2NO. The summed E-state index contributed by atoms with van der Waals surface area (Å²) in [4.78, 5) is 0. The van der Waals surface area contributed by atoms with Crippen molar-refractivity contribution in [2.75, 3.05) is 0 Å². The van der Waals surface area contributed by atoms with Crippen molar-refractivity contribution in [3.8, 4) is 0 Å². The van der Waals surface area contributed by atoms with E-state index in [1.165, 1.54) is 0 Å². The van der Waals surface area contributed by atoms with Gasteiger partial charge in [0.2, 0.25) is 0 Å². The van der Waals surface area contributed by atoms with Gasteiger partial charge in [-0.05, 0) is 25.0 Å². The summed E-state index contributed by atoms with van der Waals surface area (Å²) in [7, 11) is 0. The van der Waals surface area contributed by atoms with Crippen LogP contribution in [0.5, 0.6) is 0 Å². The lowest BCUT2D eigenvalue weighted by Gasteiger charge is -2.32. The summed E-state index contributed by atoms with van der Waals surface area (Å²) in [6.07, 6.45) is 1.51. The van der Waals surface area contributed by atoms with Crippen molar-refractivity contribution < 1.29 is 5.11 Å². The van der Waals surface area contributed by atoms with Crippen LogP contribution in [0.1, 0.15) is 18.4 Å². The third kappa shape index (κ3) is 2.64. The smallest absolute Gasteiger partial charge is 0.0570 e. The second-order valence-electron chi connectivity index (χ2n) is 3.90. The summed E-state index contributed by atoms with van der Waals surface area (Å²) >= 11 is 12.1. The maximum atomic E-state index is 9.13. The average Bonchev–Trinajstić information content (AvgIpc) is 2.14. The SMILES string of the molecule is OC1CC(NCc2c(Cl)cccc2Cl)C1. The summed E-state index contributed by atoms with van der Waals surface area (Å²) in [6, 6.07) is 5.90. The fraction of sp³-hybridized carbons (Fsp3) is 0.455. The van der Waals surface area contributed by atoms with E-state index in [1.54, 1.807) is 0 Å². The zero-order valence-corrected chi connectivity index (χ0v) is 9.72. The molecule has 0 radical (unpaired) electrons. The van der Waals surface area contributed by atoms with Gasteiger partial charge in [0.1, 0.15) is 0 Å². The molecule has 1 saturated carbocycles. The number of rotatable bonds is 3. The monoisotopic (exact) mass is 245 g/mol. The van der Waals surface area contributed by atoms with Crippen molar-refractivity contribution in [1.82, 2.24) is 5.32 Å². The van der Waals surface area contributed by atoms with Crippen molar-refractivity contribution in [1.29, 1.82) is 0 Å². The van der Waals surface area contributed by atoms with Crippen molar-refractivity contribution in [3.05, 3.63) is 33.8 Å². The molecule has 2 N–H and O–H groups in total. The largest absolute Gasteiger partial charge is 0.393 e. The minimum atomic E-state index is -0.135. The number of hydrogen-bond acceptors (Lipinski definition) is 2. The van der Waals surface area contributed by atoms with Gasteiger partial charge in [-0.2, -0.15) is 0 Å². The minimum Gasteiger partial charge on any atom is -0.393 e. The topological polar surface area (TPSA) is 32.3 Å². The van der Waals surface area contributed by atoms with E-state index in [2.05, 4.69) is 5.32 Å². The molecule has 15 heavy (non-hydrogen) atoms.